The Hall–Kier alpha value is -2.45. The van der Waals surface area contributed by atoms with E-state index in [-0.39, 0.29) is 29.5 Å². The number of sulfonamides is 1. The smallest absolute Gasteiger partial charge is 0.338 e. The molecular weight excluding hydrogens is 373 g/mol. The molecule has 8 heteroatoms. The lowest BCUT2D eigenvalue weighted by atomic mass is 10.2. The Morgan fingerprint density at radius 2 is 1.70 bits per heavy atom. The van der Waals surface area contributed by atoms with E-state index >= 15 is 0 Å². The van der Waals surface area contributed by atoms with E-state index in [4.69, 9.17) is 9.47 Å². The lowest BCUT2D eigenvalue weighted by molar-refractivity contribution is 0.0450. The summed E-state index contributed by atoms with van der Waals surface area (Å²) in [7, 11) is -3.65. The maximum atomic E-state index is 12.8. The van der Waals surface area contributed by atoms with E-state index in [1.165, 1.54) is 52.8 Å². The van der Waals surface area contributed by atoms with Gasteiger partial charge in [-0.15, -0.1) is 0 Å². The first-order valence-corrected chi connectivity index (χ1v) is 9.98. The van der Waals surface area contributed by atoms with Gasteiger partial charge in [-0.05, 0) is 42.5 Å². The van der Waals surface area contributed by atoms with E-state index in [0.29, 0.717) is 18.8 Å². The van der Waals surface area contributed by atoms with Crippen LogP contribution >= 0.6 is 0 Å². The molecule has 2 aromatic rings. The standard InChI is InChI=1S/C19H22FNO5S/c1-3-21(4-2)27(23,24)18-7-5-6-15(14-18)19(22)26-13-12-25-17-10-8-16(20)9-11-17/h5-11,14H,3-4,12-13H2,1-2H3. The molecular formula is C19H22FNO5S. The number of halogens is 1. The van der Waals surface area contributed by atoms with Gasteiger partial charge in [-0.3, -0.25) is 0 Å². The van der Waals surface area contributed by atoms with Crippen molar-refractivity contribution >= 4 is 16.0 Å². The van der Waals surface area contributed by atoms with Crippen molar-refractivity contribution in [1.82, 2.24) is 4.31 Å². The van der Waals surface area contributed by atoms with Crippen molar-refractivity contribution in [3.05, 3.63) is 59.9 Å². The van der Waals surface area contributed by atoms with Crippen LogP contribution in [0.5, 0.6) is 5.75 Å². The number of hydrogen-bond acceptors (Lipinski definition) is 5. The van der Waals surface area contributed by atoms with Crippen LogP contribution in [-0.4, -0.2) is 45.0 Å². The highest BCUT2D eigenvalue weighted by Crippen LogP contribution is 2.17. The fourth-order valence-corrected chi connectivity index (χ4v) is 3.91. The van der Waals surface area contributed by atoms with E-state index in [1.807, 2.05) is 0 Å². The predicted molar refractivity (Wildman–Crippen MR) is 98.7 cm³/mol. The summed E-state index contributed by atoms with van der Waals surface area (Å²) in [5.74, 6) is -0.553. The monoisotopic (exact) mass is 395 g/mol. The number of esters is 1. The van der Waals surface area contributed by atoms with Crippen LogP contribution in [0.15, 0.2) is 53.4 Å². The first-order valence-electron chi connectivity index (χ1n) is 8.54. The zero-order valence-electron chi connectivity index (χ0n) is 15.2. The van der Waals surface area contributed by atoms with Crippen LogP contribution in [0.3, 0.4) is 0 Å². The van der Waals surface area contributed by atoms with E-state index in [0.717, 1.165) is 0 Å². The molecule has 0 radical (unpaired) electrons. The molecule has 0 saturated heterocycles. The lowest BCUT2D eigenvalue weighted by Gasteiger charge is -2.18. The second-order valence-corrected chi connectivity index (χ2v) is 7.49. The number of carbonyl (C=O) groups is 1. The molecule has 2 rings (SSSR count). The molecule has 0 aliphatic rings. The first kappa shape index (κ1) is 20.9. The van der Waals surface area contributed by atoms with Crippen LogP contribution in [0.4, 0.5) is 4.39 Å². The van der Waals surface area contributed by atoms with Gasteiger partial charge in [0.15, 0.2) is 0 Å². The van der Waals surface area contributed by atoms with Crippen LogP contribution in [0.1, 0.15) is 24.2 Å². The molecule has 0 aliphatic heterocycles. The zero-order chi connectivity index (χ0) is 19.9. The highest BCUT2D eigenvalue weighted by molar-refractivity contribution is 7.89. The van der Waals surface area contributed by atoms with E-state index in [2.05, 4.69) is 0 Å². The van der Waals surface area contributed by atoms with Gasteiger partial charge in [-0.2, -0.15) is 4.31 Å². The van der Waals surface area contributed by atoms with Gasteiger partial charge in [0.2, 0.25) is 10.0 Å². The fourth-order valence-electron chi connectivity index (χ4n) is 2.40. The molecule has 0 aliphatic carbocycles. The minimum absolute atomic E-state index is 0.0246. The summed E-state index contributed by atoms with van der Waals surface area (Å²) in [6.07, 6.45) is 0. The summed E-state index contributed by atoms with van der Waals surface area (Å²) in [6, 6.07) is 11.2. The van der Waals surface area contributed by atoms with Gasteiger partial charge < -0.3 is 9.47 Å². The summed E-state index contributed by atoms with van der Waals surface area (Å²) in [4.78, 5) is 12.2. The van der Waals surface area contributed by atoms with E-state index in [1.54, 1.807) is 13.8 Å². The number of benzene rings is 2. The molecule has 0 unspecified atom stereocenters. The number of ether oxygens (including phenoxy) is 2. The van der Waals surface area contributed by atoms with E-state index < -0.39 is 16.0 Å². The molecule has 0 N–H and O–H groups in total. The Morgan fingerprint density at radius 1 is 1.04 bits per heavy atom. The molecule has 0 atom stereocenters. The zero-order valence-corrected chi connectivity index (χ0v) is 16.0. The second kappa shape index (κ2) is 9.48. The highest BCUT2D eigenvalue weighted by Gasteiger charge is 2.22. The van der Waals surface area contributed by atoms with Crippen molar-refractivity contribution < 1.29 is 27.1 Å². The topological polar surface area (TPSA) is 72.9 Å². The molecule has 146 valence electrons. The Balaban J connectivity index is 1.95. The number of nitrogens with zero attached hydrogens (tertiary/aromatic N) is 1. The van der Waals surface area contributed by atoms with Crippen molar-refractivity contribution in [2.45, 2.75) is 18.7 Å². The molecule has 0 aromatic heterocycles. The molecule has 0 saturated carbocycles. The van der Waals surface area contributed by atoms with Gasteiger partial charge in [0.25, 0.3) is 0 Å². The van der Waals surface area contributed by atoms with Gasteiger partial charge in [0, 0.05) is 13.1 Å². The number of hydrogen-bond donors (Lipinski definition) is 0. The Kier molecular flexibility index (Phi) is 7.32. The van der Waals surface area contributed by atoms with Gasteiger partial charge in [0.1, 0.15) is 24.8 Å². The summed E-state index contributed by atoms with van der Waals surface area (Å²) in [5.41, 5.74) is 0.144. The van der Waals surface area contributed by atoms with Crippen molar-refractivity contribution in [1.29, 1.82) is 0 Å². The second-order valence-electron chi connectivity index (χ2n) is 5.56. The average molecular weight is 395 g/mol. The number of carbonyl (C=O) groups excluding carboxylic acids is 1. The quantitative estimate of drug-likeness (QED) is 0.482. The minimum atomic E-state index is -3.65. The van der Waals surface area contributed by atoms with Crippen molar-refractivity contribution in [3.8, 4) is 5.75 Å². The van der Waals surface area contributed by atoms with Crippen molar-refractivity contribution in [2.75, 3.05) is 26.3 Å². The van der Waals surface area contributed by atoms with Crippen LogP contribution in [0.25, 0.3) is 0 Å². The normalized spacial score (nSPS) is 11.4. The molecule has 0 fully saturated rings. The third kappa shape index (κ3) is 5.51. The predicted octanol–water partition coefficient (Wildman–Crippen LogP) is 3.09. The van der Waals surface area contributed by atoms with Gasteiger partial charge in [0.05, 0.1) is 10.5 Å². The first-order chi connectivity index (χ1) is 12.9. The summed E-state index contributed by atoms with van der Waals surface area (Å²) in [5, 5.41) is 0. The average Bonchev–Trinajstić information content (AvgIpc) is 2.67. The Labute approximate surface area is 158 Å². The van der Waals surface area contributed by atoms with Crippen LogP contribution in [0, 0.1) is 5.82 Å². The van der Waals surface area contributed by atoms with Gasteiger partial charge >= 0.3 is 5.97 Å². The summed E-state index contributed by atoms with van der Waals surface area (Å²) < 4.78 is 49.6. The lowest BCUT2D eigenvalue weighted by Crippen LogP contribution is -2.30. The molecule has 6 nitrogen and oxygen atoms in total. The van der Waals surface area contributed by atoms with Crippen LogP contribution < -0.4 is 4.74 Å². The third-order valence-electron chi connectivity index (χ3n) is 3.81. The summed E-state index contributed by atoms with van der Waals surface area (Å²) in [6.45, 7) is 4.25. The number of rotatable bonds is 9. The summed E-state index contributed by atoms with van der Waals surface area (Å²) >= 11 is 0. The maximum Gasteiger partial charge on any atom is 0.338 e. The Bertz CT molecular complexity index is 864. The van der Waals surface area contributed by atoms with Crippen molar-refractivity contribution in [2.24, 2.45) is 0 Å². The molecule has 2 aromatic carbocycles. The van der Waals surface area contributed by atoms with Crippen LogP contribution in [-0.2, 0) is 14.8 Å². The van der Waals surface area contributed by atoms with Gasteiger partial charge in [-0.1, -0.05) is 19.9 Å². The van der Waals surface area contributed by atoms with Gasteiger partial charge in [-0.25, -0.2) is 17.6 Å². The molecule has 27 heavy (non-hydrogen) atoms. The fraction of sp³-hybridized carbons (Fsp3) is 0.316. The Morgan fingerprint density at radius 3 is 2.33 bits per heavy atom. The molecule has 0 heterocycles. The van der Waals surface area contributed by atoms with Crippen molar-refractivity contribution in [3.63, 3.8) is 0 Å². The molecule has 0 amide bonds. The maximum absolute atomic E-state index is 12.8. The highest BCUT2D eigenvalue weighted by atomic mass is 32.2. The molecule has 0 spiro atoms. The van der Waals surface area contributed by atoms with E-state index in [9.17, 15) is 17.6 Å². The van der Waals surface area contributed by atoms with Crippen LogP contribution in [0.2, 0.25) is 0 Å². The SMILES string of the molecule is CCN(CC)S(=O)(=O)c1cccc(C(=O)OCCOc2ccc(F)cc2)c1. The largest absolute Gasteiger partial charge is 0.490 e. The minimum Gasteiger partial charge on any atom is -0.490 e. The third-order valence-corrected chi connectivity index (χ3v) is 5.86. The molecule has 0 bridgehead atoms.